The molecule has 1 amide bonds. The van der Waals surface area contributed by atoms with E-state index in [1.807, 2.05) is 4.72 Å². The maximum atomic E-state index is 13.6. The summed E-state index contributed by atoms with van der Waals surface area (Å²) in [5.74, 6) is -5.08. The van der Waals surface area contributed by atoms with Gasteiger partial charge in [0.05, 0.1) is 16.3 Å². The molecule has 1 heterocycles. The van der Waals surface area contributed by atoms with Crippen LogP contribution in [-0.2, 0) is 14.8 Å². The number of carbonyl (C=O) groups is 1. The van der Waals surface area contributed by atoms with Gasteiger partial charge in [0.25, 0.3) is 15.9 Å². The summed E-state index contributed by atoms with van der Waals surface area (Å²) in [5.41, 5.74) is -0.619. The van der Waals surface area contributed by atoms with Crippen LogP contribution in [0.2, 0.25) is 0 Å². The van der Waals surface area contributed by atoms with Crippen molar-refractivity contribution in [3.63, 3.8) is 0 Å². The second-order valence-electron chi connectivity index (χ2n) is 4.82. The molecule has 0 atom stereocenters. The number of hydrogen-bond acceptors (Lipinski definition) is 4. The molecule has 2 aromatic rings. The molecule has 0 fully saturated rings. The molecule has 0 saturated carbocycles. The lowest BCUT2D eigenvalue weighted by Gasteiger charge is -2.18. The van der Waals surface area contributed by atoms with Crippen molar-refractivity contribution in [1.29, 1.82) is 0 Å². The summed E-state index contributed by atoms with van der Waals surface area (Å²) in [6.07, 6.45) is 0. The fourth-order valence-corrected chi connectivity index (χ4v) is 3.12. The van der Waals surface area contributed by atoms with E-state index in [-0.39, 0.29) is 22.9 Å². The Kier molecular flexibility index (Phi) is 3.84. The fraction of sp³-hybridized carbons (Fsp3) is 0.0714. The summed E-state index contributed by atoms with van der Waals surface area (Å²) in [6, 6.07) is 4.93. The van der Waals surface area contributed by atoms with Crippen molar-refractivity contribution < 1.29 is 31.1 Å². The van der Waals surface area contributed by atoms with Crippen LogP contribution in [-0.4, -0.2) is 20.9 Å². The zero-order valence-corrected chi connectivity index (χ0v) is 12.6. The van der Waals surface area contributed by atoms with E-state index in [0.29, 0.717) is 6.07 Å². The van der Waals surface area contributed by atoms with Crippen molar-refractivity contribution in [2.24, 2.45) is 0 Å². The Labute approximate surface area is 134 Å². The molecule has 1 aliphatic heterocycles. The van der Waals surface area contributed by atoms with Gasteiger partial charge in [-0.25, -0.2) is 21.6 Å². The van der Waals surface area contributed by atoms with Crippen LogP contribution >= 0.6 is 0 Å². The molecule has 0 aliphatic carbocycles. The van der Waals surface area contributed by atoms with Crippen LogP contribution in [0.15, 0.2) is 35.2 Å². The number of nitrogens with one attached hydrogen (secondary N) is 2. The van der Waals surface area contributed by atoms with E-state index in [1.54, 1.807) is 0 Å². The largest absolute Gasteiger partial charge is 0.482 e. The average molecular weight is 358 g/mol. The molecule has 0 saturated heterocycles. The molecule has 0 radical (unpaired) electrons. The zero-order chi connectivity index (χ0) is 17.5. The molecule has 0 aromatic heterocycles. The molecule has 10 heteroatoms. The van der Waals surface area contributed by atoms with Gasteiger partial charge in [0.2, 0.25) is 0 Å². The Hall–Kier alpha value is -2.75. The highest BCUT2D eigenvalue weighted by Crippen LogP contribution is 2.31. The van der Waals surface area contributed by atoms with Gasteiger partial charge in [0.1, 0.15) is 5.75 Å². The second kappa shape index (κ2) is 5.71. The minimum atomic E-state index is -4.30. The molecule has 2 aromatic carbocycles. The van der Waals surface area contributed by atoms with Crippen molar-refractivity contribution >= 4 is 27.3 Å². The molecular formula is C14H9F3N2O4S. The van der Waals surface area contributed by atoms with E-state index in [9.17, 15) is 26.4 Å². The molecule has 0 unspecified atom stereocenters. The van der Waals surface area contributed by atoms with Crippen LogP contribution in [0.4, 0.5) is 24.5 Å². The van der Waals surface area contributed by atoms with E-state index < -0.39 is 39.1 Å². The Morgan fingerprint density at radius 3 is 2.58 bits per heavy atom. The normalized spacial score (nSPS) is 13.7. The topological polar surface area (TPSA) is 84.5 Å². The predicted octanol–water partition coefficient (Wildman–Crippen LogP) is 2.24. The number of sulfonamides is 1. The lowest BCUT2D eigenvalue weighted by Crippen LogP contribution is -2.25. The maximum Gasteiger partial charge on any atom is 0.262 e. The third-order valence-electron chi connectivity index (χ3n) is 3.17. The third-order valence-corrected chi connectivity index (χ3v) is 4.54. The van der Waals surface area contributed by atoms with Crippen LogP contribution in [0.1, 0.15) is 0 Å². The Morgan fingerprint density at radius 2 is 1.83 bits per heavy atom. The van der Waals surface area contributed by atoms with Crippen LogP contribution in [0.5, 0.6) is 5.75 Å². The predicted molar refractivity (Wildman–Crippen MR) is 77.7 cm³/mol. The van der Waals surface area contributed by atoms with Crippen molar-refractivity contribution in [2.75, 3.05) is 16.6 Å². The quantitative estimate of drug-likeness (QED) is 0.824. The molecule has 0 bridgehead atoms. The number of hydrogen-bond donors (Lipinski definition) is 2. The third kappa shape index (κ3) is 2.87. The first-order chi connectivity index (χ1) is 11.3. The van der Waals surface area contributed by atoms with Crippen molar-refractivity contribution in [2.45, 2.75) is 4.90 Å². The minimum Gasteiger partial charge on any atom is -0.482 e. The highest BCUT2D eigenvalue weighted by molar-refractivity contribution is 7.92. The molecule has 1 aliphatic rings. The molecule has 6 nitrogen and oxygen atoms in total. The Balaban J connectivity index is 1.96. The van der Waals surface area contributed by atoms with Gasteiger partial charge in [0.15, 0.2) is 24.1 Å². The molecule has 2 N–H and O–H groups in total. The molecular weight excluding hydrogens is 349 g/mol. The highest BCUT2D eigenvalue weighted by Gasteiger charge is 2.23. The maximum absolute atomic E-state index is 13.6. The summed E-state index contributed by atoms with van der Waals surface area (Å²) in [4.78, 5) is 10.9. The lowest BCUT2D eigenvalue weighted by atomic mass is 10.2. The van der Waals surface area contributed by atoms with E-state index in [4.69, 9.17) is 4.74 Å². The van der Waals surface area contributed by atoms with E-state index in [0.717, 1.165) is 18.2 Å². The van der Waals surface area contributed by atoms with Crippen molar-refractivity contribution in [3.8, 4) is 5.75 Å². The number of benzene rings is 2. The smallest absolute Gasteiger partial charge is 0.262 e. The highest BCUT2D eigenvalue weighted by atomic mass is 32.2. The summed E-state index contributed by atoms with van der Waals surface area (Å²) in [5, 5.41) is 2.42. The van der Waals surface area contributed by atoms with Gasteiger partial charge < -0.3 is 10.1 Å². The van der Waals surface area contributed by atoms with Crippen molar-refractivity contribution in [1.82, 2.24) is 0 Å². The van der Waals surface area contributed by atoms with Gasteiger partial charge in [-0.05, 0) is 30.3 Å². The van der Waals surface area contributed by atoms with Gasteiger partial charge >= 0.3 is 0 Å². The number of rotatable bonds is 3. The first-order valence-corrected chi connectivity index (χ1v) is 7.99. The number of fused-ring (bicyclic) bond motifs is 1. The van der Waals surface area contributed by atoms with Crippen molar-refractivity contribution in [3.05, 3.63) is 47.8 Å². The fourth-order valence-electron chi connectivity index (χ4n) is 2.04. The first kappa shape index (κ1) is 16.1. The van der Waals surface area contributed by atoms with E-state index >= 15 is 0 Å². The van der Waals surface area contributed by atoms with Gasteiger partial charge in [0, 0.05) is 0 Å². The van der Waals surface area contributed by atoms with E-state index in [1.165, 1.54) is 6.07 Å². The number of ether oxygens (including phenoxy) is 1. The van der Waals surface area contributed by atoms with Crippen LogP contribution in [0.25, 0.3) is 0 Å². The average Bonchev–Trinajstić information content (AvgIpc) is 2.54. The summed E-state index contributed by atoms with van der Waals surface area (Å²) < 4.78 is 71.2. The number of anilines is 2. The molecule has 0 spiro atoms. The molecule has 3 rings (SSSR count). The summed E-state index contributed by atoms with van der Waals surface area (Å²) >= 11 is 0. The minimum absolute atomic E-state index is 0.125. The van der Waals surface area contributed by atoms with Gasteiger partial charge in [-0.2, -0.15) is 0 Å². The standard InChI is InChI=1S/C14H9F3N2O4S/c15-8-2-3-9(14(17)13(8)16)19-24(21,22)7-1-4-11-10(5-7)18-12(20)6-23-11/h1-5,19H,6H2,(H,18,20). The van der Waals surface area contributed by atoms with E-state index in [2.05, 4.69) is 5.32 Å². The Morgan fingerprint density at radius 1 is 1.08 bits per heavy atom. The zero-order valence-electron chi connectivity index (χ0n) is 11.8. The van der Waals surface area contributed by atoms with Crippen LogP contribution in [0.3, 0.4) is 0 Å². The van der Waals surface area contributed by atoms with Crippen LogP contribution < -0.4 is 14.8 Å². The number of halogens is 3. The summed E-state index contributed by atoms with van der Waals surface area (Å²) in [6.45, 7) is -0.197. The van der Waals surface area contributed by atoms with Gasteiger partial charge in [-0.15, -0.1) is 0 Å². The molecule has 126 valence electrons. The summed E-state index contributed by atoms with van der Waals surface area (Å²) in [7, 11) is -4.30. The number of amides is 1. The SMILES string of the molecule is O=C1COc2ccc(S(=O)(=O)Nc3ccc(F)c(F)c3F)cc2N1. The van der Waals surface area contributed by atoms with Gasteiger partial charge in [-0.3, -0.25) is 9.52 Å². The number of carbonyl (C=O) groups excluding carboxylic acids is 1. The Bertz CT molecular complexity index is 947. The van der Waals surface area contributed by atoms with Crippen LogP contribution in [0, 0.1) is 17.5 Å². The second-order valence-corrected chi connectivity index (χ2v) is 6.51. The lowest BCUT2D eigenvalue weighted by molar-refractivity contribution is -0.118. The van der Waals surface area contributed by atoms with Gasteiger partial charge in [-0.1, -0.05) is 0 Å². The first-order valence-electron chi connectivity index (χ1n) is 6.51. The molecule has 24 heavy (non-hydrogen) atoms. The monoisotopic (exact) mass is 358 g/mol.